The Bertz CT molecular complexity index is 965. The Morgan fingerprint density at radius 1 is 1.24 bits per heavy atom. The summed E-state index contributed by atoms with van der Waals surface area (Å²) in [6, 6.07) is 9.76. The van der Waals surface area contributed by atoms with Crippen LogP contribution < -0.4 is 10.2 Å². The molecule has 1 N–H and O–H groups in total. The monoisotopic (exact) mass is 392 g/mol. The first-order chi connectivity index (χ1) is 14.0. The molecule has 1 aliphatic rings. The summed E-state index contributed by atoms with van der Waals surface area (Å²) in [5.74, 6) is 2.46. The van der Waals surface area contributed by atoms with Gasteiger partial charge in [0, 0.05) is 24.5 Å². The standard InChI is InChI=1S/C23H28N4O2/c1-16-8-10-26(11-9-16)22-7-6-19(14-24-22)27-17(2)13-21(18(27)3)23(28)25-15-20-5-4-12-29-20/h4-7,12-14,16H,8-11,15H2,1-3H3,(H,25,28). The quantitative estimate of drug-likeness (QED) is 0.705. The maximum absolute atomic E-state index is 12.7. The van der Waals surface area contributed by atoms with E-state index in [-0.39, 0.29) is 5.91 Å². The van der Waals surface area contributed by atoms with Crippen LogP contribution >= 0.6 is 0 Å². The molecule has 0 saturated carbocycles. The first-order valence-electron chi connectivity index (χ1n) is 10.2. The first-order valence-corrected chi connectivity index (χ1v) is 10.2. The van der Waals surface area contributed by atoms with Crippen LogP contribution in [0.15, 0.2) is 47.2 Å². The van der Waals surface area contributed by atoms with Crippen molar-refractivity contribution in [3.05, 3.63) is 65.5 Å². The second kappa shape index (κ2) is 8.15. The molecular weight excluding hydrogens is 364 g/mol. The highest BCUT2D eigenvalue weighted by atomic mass is 16.3. The molecule has 0 atom stereocenters. The van der Waals surface area contributed by atoms with Gasteiger partial charge in [0.1, 0.15) is 11.6 Å². The molecule has 29 heavy (non-hydrogen) atoms. The second-order valence-electron chi connectivity index (χ2n) is 7.93. The maximum Gasteiger partial charge on any atom is 0.253 e. The number of piperidine rings is 1. The zero-order chi connectivity index (χ0) is 20.4. The highest BCUT2D eigenvalue weighted by Crippen LogP contribution is 2.24. The molecule has 152 valence electrons. The van der Waals surface area contributed by atoms with Crippen molar-refractivity contribution in [3.63, 3.8) is 0 Å². The summed E-state index contributed by atoms with van der Waals surface area (Å²) in [6.45, 7) is 8.79. The van der Waals surface area contributed by atoms with Gasteiger partial charge in [-0.15, -0.1) is 0 Å². The summed E-state index contributed by atoms with van der Waals surface area (Å²) < 4.78 is 7.36. The number of hydrogen-bond donors (Lipinski definition) is 1. The average molecular weight is 393 g/mol. The Morgan fingerprint density at radius 2 is 2.03 bits per heavy atom. The number of furan rings is 1. The predicted octanol–water partition coefficient (Wildman–Crippen LogP) is 4.25. The van der Waals surface area contributed by atoms with Gasteiger partial charge in [0.2, 0.25) is 0 Å². The number of hydrogen-bond acceptors (Lipinski definition) is 4. The van der Waals surface area contributed by atoms with E-state index in [4.69, 9.17) is 9.40 Å². The minimum atomic E-state index is -0.104. The lowest BCUT2D eigenvalue weighted by molar-refractivity contribution is 0.0947. The first kappa shape index (κ1) is 19.3. The van der Waals surface area contributed by atoms with E-state index in [9.17, 15) is 4.79 Å². The van der Waals surface area contributed by atoms with E-state index >= 15 is 0 Å². The van der Waals surface area contributed by atoms with Crippen LogP contribution in [-0.2, 0) is 6.54 Å². The molecule has 3 aromatic rings. The molecular formula is C23H28N4O2. The van der Waals surface area contributed by atoms with Gasteiger partial charge in [-0.05, 0) is 62.9 Å². The lowest BCUT2D eigenvalue weighted by Crippen LogP contribution is -2.33. The average Bonchev–Trinajstić information content (AvgIpc) is 3.35. The number of aromatic nitrogens is 2. The van der Waals surface area contributed by atoms with Crippen LogP contribution in [0.5, 0.6) is 0 Å². The van der Waals surface area contributed by atoms with E-state index in [1.54, 1.807) is 6.26 Å². The number of rotatable bonds is 5. The van der Waals surface area contributed by atoms with Gasteiger partial charge >= 0.3 is 0 Å². The summed E-state index contributed by atoms with van der Waals surface area (Å²) in [4.78, 5) is 19.7. The number of nitrogens with one attached hydrogen (secondary N) is 1. The van der Waals surface area contributed by atoms with Crippen LogP contribution in [0.1, 0.15) is 47.3 Å². The van der Waals surface area contributed by atoms with Crippen molar-refractivity contribution in [3.8, 4) is 5.69 Å². The number of aryl methyl sites for hydroxylation is 1. The molecule has 4 heterocycles. The van der Waals surface area contributed by atoms with Gasteiger partial charge in [-0.25, -0.2) is 4.98 Å². The summed E-state index contributed by atoms with van der Waals surface area (Å²) in [7, 11) is 0. The molecule has 1 aliphatic heterocycles. The molecule has 0 aromatic carbocycles. The van der Waals surface area contributed by atoms with Crippen molar-refractivity contribution in [2.24, 2.45) is 5.92 Å². The Kier molecular flexibility index (Phi) is 5.43. The van der Waals surface area contributed by atoms with Gasteiger partial charge < -0.3 is 19.2 Å². The Labute approximate surface area is 171 Å². The minimum absolute atomic E-state index is 0.104. The second-order valence-corrected chi connectivity index (χ2v) is 7.93. The molecule has 3 aromatic heterocycles. The zero-order valence-corrected chi connectivity index (χ0v) is 17.3. The van der Waals surface area contributed by atoms with E-state index < -0.39 is 0 Å². The molecule has 1 saturated heterocycles. The molecule has 1 fully saturated rings. The third kappa shape index (κ3) is 4.06. The van der Waals surface area contributed by atoms with E-state index in [2.05, 4.69) is 33.8 Å². The SMILES string of the molecule is Cc1cc(C(=O)NCc2ccco2)c(C)n1-c1ccc(N2CCC(C)CC2)nc1. The molecule has 4 rings (SSSR count). The van der Waals surface area contributed by atoms with Gasteiger partial charge in [-0.2, -0.15) is 0 Å². The lowest BCUT2D eigenvalue weighted by atomic mass is 9.99. The highest BCUT2D eigenvalue weighted by Gasteiger charge is 2.19. The topological polar surface area (TPSA) is 63.3 Å². The van der Waals surface area contributed by atoms with E-state index in [1.165, 1.54) is 12.8 Å². The van der Waals surface area contributed by atoms with Crippen molar-refractivity contribution in [1.29, 1.82) is 0 Å². The van der Waals surface area contributed by atoms with Crippen LogP contribution in [0.25, 0.3) is 5.69 Å². The smallest absolute Gasteiger partial charge is 0.253 e. The fraction of sp³-hybridized carbons (Fsp3) is 0.391. The van der Waals surface area contributed by atoms with Crippen molar-refractivity contribution < 1.29 is 9.21 Å². The van der Waals surface area contributed by atoms with E-state index in [0.717, 1.165) is 47.7 Å². The molecule has 0 radical (unpaired) electrons. The number of carbonyl (C=O) groups excluding carboxylic acids is 1. The maximum atomic E-state index is 12.7. The molecule has 6 nitrogen and oxygen atoms in total. The fourth-order valence-corrected chi connectivity index (χ4v) is 4.00. The Balaban J connectivity index is 1.50. The van der Waals surface area contributed by atoms with Gasteiger partial charge in [0.15, 0.2) is 0 Å². The largest absolute Gasteiger partial charge is 0.467 e. The fourth-order valence-electron chi connectivity index (χ4n) is 4.00. The van der Waals surface area contributed by atoms with E-state index in [1.807, 2.05) is 38.2 Å². The van der Waals surface area contributed by atoms with Gasteiger partial charge in [0.25, 0.3) is 5.91 Å². The van der Waals surface area contributed by atoms with Gasteiger partial charge in [-0.1, -0.05) is 6.92 Å². The third-order valence-corrected chi connectivity index (χ3v) is 5.78. The Hall–Kier alpha value is -3.02. The number of amides is 1. The summed E-state index contributed by atoms with van der Waals surface area (Å²) in [5.41, 5.74) is 3.55. The van der Waals surface area contributed by atoms with Crippen LogP contribution in [0.3, 0.4) is 0 Å². The molecule has 0 aliphatic carbocycles. The number of carbonyl (C=O) groups is 1. The van der Waals surface area contributed by atoms with Crippen LogP contribution in [0.2, 0.25) is 0 Å². The van der Waals surface area contributed by atoms with Crippen molar-refractivity contribution in [1.82, 2.24) is 14.9 Å². The van der Waals surface area contributed by atoms with Gasteiger partial charge in [-0.3, -0.25) is 4.79 Å². The zero-order valence-electron chi connectivity index (χ0n) is 17.3. The molecule has 0 unspecified atom stereocenters. The van der Waals surface area contributed by atoms with Crippen molar-refractivity contribution in [2.75, 3.05) is 18.0 Å². The molecule has 6 heteroatoms. The summed E-state index contributed by atoms with van der Waals surface area (Å²) in [6.07, 6.45) is 5.94. The molecule has 1 amide bonds. The normalized spacial score (nSPS) is 14.9. The lowest BCUT2D eigenvalue weighted by Gasteiger charge is -2.31. The van der Waals surface area contributed by atoms with Crippen LogP contribution in [0.4, 0.5) is 5.82 Å². The Morgan fingerprint density at radius 3 is 2.69 bits per heavy atom. The van der Waals surface area contributed by atoms with Crippen LogP contribution in [-0.4, -0.2) is 28.5 Å². The number of pyridine rings is 1. The molecule has 0 spiro atoms. The predicted molar refractivity (Wildman–Crippen MR) is 114 cm³/mol. The van der Waals surface area contributed by atoms with Crippen LogP contribution in [0, 0.1) is 19.8 Å². The summed E-state index contributed by atoms with van der Waals surface area (Å²) in [5, 5.41) is 2.92. The summed E-state index contributed by atoms with van der Waals surface area (Å²) >= 11 is 0. The number of anilines is 1. The third-order valence-electron chi connectivity index (χ3n) is 5.78. The van der Waals surface area contributed by atoms with E-state index in [0.29, 0.717) is 12.1 Å². The van der Waals surface area contributed by atoms with Gasteiger partial charge in [0.05, 0.1) is 30.3 Å². The number of nitrogens with zero attached hydrogens (tertiary/aromatic N) is 3. The molecule has 0 bridgehead atoms. The minimum Gasteiger partial charge on any atom is -0.467 e. The highest BCUT2D eigenvalue weighted by molar-refractivity contribution is 5.95. The van der Waals surface area contributed by atoms with Crippen molar-refractivity contribution in [2.45, 2.75) is 40.2 Å². The van der Waals surface area contributed by atoms with Crippen molar-refractivity contribution >= 4 is 11.7 Å².